The number of hydrogen-bond donors (Lipinski definition) is 2. The summed E-state index contributed by atoms with van der Waals surface area (Å²) in [6.07, 6.45) is 1.51. The minimum absolute atomic E-state index is 0. The molecule has 0 spiro atoms. The molecule has 0 aromatic heterocycles. The summed E-state index contributed by atoms with van der Waals surface area (Å²) in [5.74, 6) is -3.07. The third-order valence-corrected chi connectivity index (χ3v) is 4.53. The molecule has 4 nitrogen and oxygen atoms in total. The van der Waals surface area contributed by atoms with Crippen molar-refractivity contribution in [1.82, 2.24) is 15.5 Å². The second-order valence-electron chi connectivity index (χ2n) is 6.56. The molecule has 1 aromatic rings. The number of amides is 1. The number of piperidine rings is 1. The van der Waals surface area contributed by atoms with Crippen LogP contribution in [0.4, 0.5) is 8.78 Å². The van der Waals surface area contributed by atoms with Crippen LogP contribution in [0.5, 0.6) is 0 Å². The van der Waals surface area contributed by atoms with E-state index in [9.17, 15) is 13.6 Å². The van der Waals surface area contributed by atoms with Crippen LogP contribution in [0.25, 0.3) is 0 Å². The largest absolute Gasteiger partial charge is 0.351 e. The number of nitrogens with one attached hydrogen (secondary N) is 2. The highest BCUT2D eigenvalue weighted by Gasteiger charge is 2.42. The molecule has 25 heavy (non-hydrogen) atoms. The van der Waals surface area contributed by atoms with Crippen LogP contribution >= 0.6 is 24.8 Å². The van der Waals surface area contributed by atoms with E-state index < -0.39 is 24.9 Å². The number of carbonyl (C=O) groups is 1. The van der Waals surface area contributed by atoms with Crippen molar-refractivity contribution in [1.29, 1.82) is 0 Å². The van der Waals surface area contributed by atoms with Gasteiger partial charge in [-0.25, -0.2) is 8.78 Å². The highest BCUT2D eigenvalue weighted by molar-refractivity contribution is 5.85. The summed E-state index contributed by atoms with van der Waals surface area (Å²) in [5, 5.41) is 5.55. The second-order valence-corrected chi connectivity index (χ2v) is 6.56. The first kappa shape index (κ1) is 22.1. The summed E-state index contributed by atoms with van der Waals surface area (Å²) < 4.78 is 26.4. The molecular weight excluding hydrogens is 371 g/mol. The van der Waals surface area contributed by atoms with Crippen LogP contribution in [0.3, 0.4) is 0 Å². The van der Waals surface area contributed by atoms with Gasteiger partial charge in [-0.1, -0.05) is 30.3 Å². The number of benzene rings is 1. The lowest BCUT2D eigenvalue weighted by molar-refractivity contribution is -0.124. The maximum atomic E-state index is 13.2. The zero-order valence-electron chi connectivity index (χ0n) is 13.9. The summed E-state index contributed by atoms with van der Waals surface area (Å²) in [6, 6.07) is 9.48. The van der Waals surface area contributed by atoms with E-state index in [2.05, 4.69) is 27.7 Å². The van der Waals surface area contributed by atoms with Gasteiger partial charge >= 0.3 is 0 Å². The molecule has 2 aliphatic heterocycles. The maximum absolute atomic E-state index is 13.2. The van der Waals surface area contributed by atoms with Gasteiger partial charge in [0.05, 0.1) is 12.6 Å². The third kappa shape index (κ3) is 6.37. The predicted molar refractivity (Wildman–Crippen MR) is 98.7 cm³/mol. The number of rotatable bonds is 4. The zero-order valence-corrected chi connectivity index (χ0v) is 15.6. The van der Waals surface area contributed by atoms with E-state index in [0.717, 1.165) is 32.5 Å². The van der Waals surface area contributed by atoms with E-state index in [1.165, 1.54) is 5.56 Å². The average Bonchev–Trinajstić information content (AvgIpc) is 2.89. The molecule has 1 amide bonds. The maximum Gasteiger partial charge on any atom is 0.262 e. The Kier molecular flexibility index (Phi) is 8.54. The van der Waals surface area contributed by atoms with E-state index in [4.69, 9.17) is 0 Å². The number of halogens is 4. The van der Waals surface area contributed by atoms with Gasteiger partial charge in [0.25, 0.3) is 5.92 Å². The monoisotopic (exact) mass is 395 g/mol. The van der Waals surface area contributed by atoms with Gasteiger partial charge in [-0.2, -0.15) is 0 Å². The smallest absolute Gasteiger partial charge is 0.262 e. The molecule has 142 valence electrons. The fourth-order valence-corrected chi connectivity index (χ4v) is 3.36. The molecule has 2 unspecified atom stereocenters. The van der Waals surface area contributed by atoms with Crippen molar-refractivity contribution in [2.24, 2.45) is 0 Å². The van der Waals surface area contributed by atoms with Crippen molar-refractivity contribution >= 4 is 30.7 Å². The van der Waals surface area contributed by atoms with Crippen LogP contribution in [0.1, 0.15) is 24.8 Å². The molecule has 2 fully saturated rings. The fraction of sp³-hybridized carbons (Fsp3) is 0.588. The van der Waals surface area contributed by atoms with E-state index >= 15 is 0 Å². The Morgan fingerprint density at radius 2 is 2.00 bits per heavy atom. The van der Waals surface area contributed by atoms with Gasteiger partial charge in [0.1, 0.15) is 0 Å². The van der Waals surface area contributed by atoms with Gasteiger partial charge in [0.2, 0.25) is 5.91 Å². The van der Waals surface area contributed by atoms with Crippen LogP contribution in [0.15, 0.2) is 30.3 Å². The molecule has 2 aliphatic rings. The zero-order chi connectivity index (χ0) is 16.3. The topological polar surface area (TPSA) is 44.4 Å². The van der Waals surface area contributed by atoms with Crippen LogP contribution < -0.4 is 10.6 Å². The standard InChI is InChI=1S/C17H23F2N3O.2ClH/c18-17(19)9-15(20-12-17)16(23)21-14-7-4-8-22(11-14)10-13-5-2-1-3-6-13;;/h1-3,5-6,14-15,20H,4,7-12H2,(H,21,23);2*1H. The molecule has 3 rings (SSSR count). The highest BCUT2D eigenvalue weighted by atomic mass is 35.5. The molecule has 2 N–H and O–H groups in total. The molecule has 8 heteroatoms. The lowest BCUT2D eigenvalue weighted by Crippen LogP contribution is -2.51. The van der Waals surface area contributed by atoms with Gasteiger partial charge < -0.3 is 5.32 Å². The number of nitrogens with zero attached hydrogens (tertiary/aromatic N) is 1. The molecule has 0 radical (unpaired) electrons. The van der Waals surface area contributed by atoms with Crippen molar-refractivity contribution in [3.8, 4) is 0 Å². The molecule has 1 aromatic carbocycles. The molecule has 0 aliphatic carbocycles. The van der Waals surface area contributed by atoms with Gasteiger partial charge in [-0.05, 0) is 24.9 Å². The molecule has 0 saturated carbocycles. The van der Waals surface area contributed by atoms with Crippen LogP contribution in [0, 0.1) is 0 Å². The minimum Gasteiger partial charge on any atom is -0.351 e. The molecule has 2 saturated heterocycles. The van der Waals surface area contributed by atoms with Crippen LogP contribution in [-0.4, -0.2) is 48.4 Å². The Labute approximate surface area is 159 Å². The molecular formula is C17H25Cl2F2N3O. The summed E-state index contributed by atoms with van der Waals surface area (Å²) in [6.45, 7) is 2.22. The lowest BCUT2D eigenvalue weighted by atomic mass is 10.0. The Morgan fingerprint density at radius 1 is 1.28 bits per heavy atom. The van der Waals surface area contributed by atoms with Gasteiger partial charge in [-0.3, -0.25) is 15.0 Å². The first-order valence-corrected chi connectivity index (χ1v) is 8.20. The van der Waals surface area contributed by atoms with Gasteiger partial charge in [0, 0.05) is 25.6 Å². The average molecular weight is 396 g/mol. The molecule has 2 heterocycles. The van der Waals surface area contributed by atoms with Crippen LogP contribution in [0.2, 0.25) is 0 Å². The first-order chi connectivity index (χ1) is 11.0. The molecule has 2 atom stereocenters. The van der Waals surface area contributed by atoms with Gasteiger partial charge in [-0.15, -0.1) is 24.8 Å². The summed E-state index contributed by atoms with van der Waals surface area (Å²) >= 11 is 0. The van der Waals surface area contributed by atoms with Crippen LogP contribution in [-0.2, 0) is 11.3 Å². The normalized spacial score (nSPS) is 25.5. The highest BCUT2D eigenvalue weighted by Crippen LogP contribution is 2.25. The van der Waals surface area contributed by atoms with Crippen molar-refractivity contribution in [2.75, 3.05) is 19.6 Å². The fourth-order valence-electron chi connectivity index (χ4n) is 3.36. The SMILES string of the molecule is Cl.Cl.O=C(NC1CCCN(Cc2ccccc2)C1)C1CC(F)(F)CN1. The van der Waals surface area contributed by atoms with Crippen molar-refractivity contribution < 1.29 is 13.6 Å². The van der Waals surface area contributed by atoms with Gasteiger partial charge in [0.15, 0.2) is 0 Å². The Balaban J connectivity index is 0.00000156. The number of carbonyl (C=O) groups excluding carboxylic acids is 1. The lowest BCUT2D eigenvalue weighted by Gasteiger charge is -2.33. The van der Waals surface area contributed by atoms with Crippen molar-refractivity contribution in [3.63, 3.8) is 0 Å². The minimum atomic E-state index is -2.77. The van der Waals surface area contributed by atoms with E-state index in [0.29, 0.717) is 0 Å². The first-order valence-electron chi connectivity index (χ1n) is 8.20. The summed E-state index contributed by atoms with van der Waals surface area (Å²) in [4.78, 5) is 14.4. The summed E-state index contributed by atoms with van der Waals surface area (Å²) in [5.41, 5.74) is 1.25. The Hall–Kier alpha value is -0.950. The van der Waals surface area contributed by atoms with E-state index in [1.807, 2.05) is 18.2 Å². The number of hydrogen-bond acceptors (Lipinski definition) is 3. The Bertz CT molecular complexity index is 548. The summed E-state index contributed by atoms with van der Waals surface area (Å²) in [7, 11) is 0. The second kappa shape index (κ2) is 9.67. The van der Waals surface area contributed by atoms with Crippen molar-refractivity contribution in [2.45, 2.75) is 43.8 Å². The molecule has 0 bridgehead atoms. The predicted octanol–water partition coefficient (Wildman–Crippen LogP) is 2.61. The third-order valence-electron chi connectivity index (χ3n) is 4.53. The number of likely N-dealkylation sites (tertiary alicyclic amines) is 1. The Morgan fingerprint density at radius 3 is 2.64 bits per heavy atom. The van der Waals surface area contributed by atoms with Crippen molar-refractivity contribution in [3.05, 3.63) is 35.9 Å². The quantitative estimate of drug-likeness (QED) is 0.823. The van der Waals surface area contributed by atoms with E-state index in [1.54, 1.807) is 0 Å². The van der Waals surface area contributed by atoms with E-state index in [-0.39, 0.29) is 36.8 Å². The number of alkyl halides is 2.